The Balaban J connectivity index is 2.09. The molecule has 0 aliphatic rings. The molecule has 0 aliphatic carbocycles. The average molecular weight is 330 g/mol. The molecule has 0 aliphatic heterocycles. The van der Waals surface area contributed by atoms with Gasteiger partial charge in [0, 0.05) is 6.07 Å². The van der Waals surface area contributed by atoms with E-state index in [4.69, 9.17) is 14.2 Å². The first-order valence-corrected chi connectivity index (χ1v) is 7.51. The van der Waals surface area contributed by atoms with Crippen LogP contribution >= 0.6 is 0 Å². The van der Waals surface area contributed by atoms with Crippen LogP contribution in [0.15, 0.2) is 42.5 Å². The van der Waals surface area contributed by atoms with Gasteiger partial charge in [0.2, 0.25) is 5.91 Å². The Bertz CT molecular complexity index is 703. The van der Waals surface area contributed by atoms with Crippen LogP contribution in [0.25, 0.3) is 0 Å². The van der Waals surface area contributed by atoms with Crippen LogP contribution in [0.2, 0.25) is 0 Å². The van der Waals surface area contributed by atoms with Crippen LogP contribution in [0.4, 0.5) is 11.4 Å². The van der Waals surface area contributed by atoms with E-state index in [1.54, 1.807) is 52.5 Å². The van der Waals surface area contributed by atoms with Gasteiger partial charge in [0.1, 0.15) is 23.3 Å². The number of anilines is 2. The Morgan fingerprint density at radius 1 is 0.917 bits per heavy atom. The van der Waals surface area contributed by atoms with Crippen LogP contribution < -0.4 is 24.8 Å². The number of carbonyl (C=O) groups is 1. The van der Waals surface area contributed by atoms with Gasteiger partial charge in [-0.3, -0.25) is 4.79 Å². The minimum atomic E-state index is -0.475. The minimum Gasteiger partial charge on any atom is -0.497 e. The SMILES string of the molecule is COc1ccc(NC(C)C(=O)Nc2ccccc2OC)c(OC)c1. The van der Waals surface area contributed by atoms with Crippen molar-refractivity contribution in [3.8, 4) is 17.2 Å². The number of rotatable bonds is 7. The Morgan fingerprint density at radius 3 is 2.29 bits per heavy atom. The van der Waals surface area contributed by atoms with Crippen LogP contribution in [0, 0.1) is 0 Å². The fourth-order valence-corrected chi connectivity index (χ4v) is 2.21. The molecule has 2 aromatic carbocycles. The summed E-state index contributed by atoms with van der Waals surface area (Å²) in [6.45, 7) is 1.77. The minimum absolute atomic E-state index is 0.183. The molecular formula is C18H22N2O4. The van der Waals surface area contributed by atoms with Crippen molar-refractivity contribution < 1.29 is 19.0 Å². The summed E-state index contributed by atoms with van der Waals surface area (Å²) in [5.41, 5.74) is 1.33. The predicted molar refractivity (Wildman–Crippen MR) is 94.3 cm³/mol. The van der Waals surface area contributed by atoms with Crippen molar-refractivity contribution >= 4 is 17.3 Å². The summed E-state index contributed by atoms with van der Waals surface area (Å²) in [5.74, 6) is 1.72. The number of ether oxygens (including phenoxy) is 3. The summed E-state index contributed by atoms with van der Waals surface area (Å²) in [6, 6.07) is 12.2. The van der Waals surface area contributed by atoms with Gasteiger partial charge in [0.25, 0.3) is 0 Å². The smallest absolute Gasteiger partial charge is 0.246 e. The van der Waals surface area contributed by atoms with E-state index < -0.39 is 6.04 Å². The number of amides is 1. The molecule has 0 spiro atoms. The van der Waals surface area contributed by atoms with Crippen LogP contribution in [-0.4, -0.2) is 33.3 Å². The van der Waals surface area contributed by atoms with Gasteiger partial charge in [-0.1, -0.05) is 12.1 Å². The molecule has 6 nitrogen and oxygen atoms in total. The molecule has 1 atom stereocenters. The average Bonchev–Trinajstić information content (AvgIpc) is 2.62. The molecule has 24 heavy (non-hydrogen) atoms. The van der Waals surface area contributed by atoms with Crippen molar-refractivity contribution in [3.63, 3.8) is 0 Å². The highest BCUT2D eigenvalue weighted by Gasteiger charge is 2.16. The lowest BCUT2D eigenvalue weighted by Gasteiger charge is -2.18. The van der Waals surface area contributed by atoms with E-state index in [0.29, 0.717) is 28.6 Å². The molecule has 2 aromatic rings. The lowest BCUT2D eigenvalue weighted by Crippen LogP contribution is -2.32. The van der Waals surface area contributed by atoms with E-state index in [1.165, 1.54) is 0 Å². The molecule has 0 fully saturated rings. The van der Waals surface area contributed by atoms with E-state index in [-0.39, 0.29) is 5.91 Å². The molecule has 6 heteroatoms. The molecule has 0 heterocycles. The first kappa shape index (κ1) is 17.5. The van der Waals surface area contributed by atoms with E-state index >= 15 is 0 Å². The second-order valence-corrected chi connectivity index (χ2v) is 5.12. The highest BCUT2D eigenvalue weighted by molar-refractivity contribution is 5.97. The van der Waals surface area contributed by atoms with Gasteiger partial charge in [0.15, 0.2) is 0 Å². The molecular weight excluding hydrogens is 308 g/mol. The summed E-state index contributed by atoms with van der Waals surface area (Å²) < 4.78 is 15.7. The predicted octanol–water partition coefficient (Wildman–Crippen LogP) is 3.15. The van der Waals surface area contributed by atoms with E-state index in [2.05, 4.69) is 10.6 Å². The second kappa shape index (κ2) is 8.10. The standard InChI is InChI=1S/C18H22N2O4/c1-12(18(21)20-14-7-5-6-8-16(14)23-3)19-15-10-9-13(22-2)11-17(15)24-4/h5-12,19H,1-4H3,(H,20,21). The van der Waals surface area contributed by atoms with Crippen molar-refractivity contribution in [1.29, 1.82) is 0 Å². The van der Waals surface area contributed by atoms with Crippen molar-refractivity contribution in [2.45, 2.75) is 13.0 Å². The summed E-state index contributed by atoms with van der Waals surface area (Å²) in [7, 11) is 4.72. The first-order chi connectivity index (χ1) is 11.6. The van der Waals surface area contributed by atoms with E-state index in [0.717, 1.165) is 0 Å². The van der Waals surface area contributed by atoms with Gasteiger partial charge in [-0.2, -0.15) is 0 Å². The third kappa shape index (κ3) is 4.10. The molecule has 128 valence electrons. The summed E-state index contributed by atoms with van der Waals surface area (Å²) >= 11 is 0. The highest BCUT2D eigenvalue weighted by atomic mass is 16.5. The monoisotopic (exact) mass is 330 g/mol. The van der Waals surface area contributed by atoms with Gasteiger partial charge in [-0.05, 0) is 31.2 Å². The number of carbonyl (C=O) groups excluding carboxylic acids is 1. The van der Waals surface area contributed by atoms with Gasteiger partial charge in [0.05, 0.1) is 32.7 Å². The van der Waals surface area contributed by atoms with Gasteiger partial charge < -0.3 is 24.8 Å². The number of hydrogen-bond donors (Lipinski definition) is 2. The number of nitrogens with one attached hydrogen (secondary N) is 2. The normalized spacial score (nSPS) is 11.3. The largest absolute Gasteiger partial charge is 0.497 e. The molecule has 2 N–H and O–H groups in total. The maximum absolute atomic E-state index is 12.4. The molecule has 1 amide bonds. The topological polar surface area (TPSA) is 68.8 Å². The third-order valence-electron chi connectivity index (χ3n) is 3.54. The van der Waals surface area contributed by atoms with Crippen molar-refractivity contribution in [1.82, 2.24) is 0 Å². The quantitative estimate of drug-likeness (QED) is 0.816. The Hall–Kier alpha value is -2.89. The van der Waals surface area contributed by atoms with Crippen molar-refractivity contribution in [2.24, 2.45) is 0 Å². The van der Waals surface area contributed by atoms with Crippen LogP contribution in [0.1, 0.15) is 6.92 Å². The number of methoxy groups -OCH3 is 3. The van der Waals surface area contributed by atoms with Gasteiger partial charge in [-0.15, -0.1) is 0 Å². The van der Waals surface area contributed by atoms with Crippen LogP contribution in [0.3, 0.4) is 0 Å². The van der Waals surface area contributed by atoms with Gasteiger partial charge in [-0.25, -0.2) is 0 Å². The molecule has 1 unspecified atom stereocenters. The van der Waals surface area contributed by atoms with Crippen molar-refractivity contribution in [3.05, 3.63) is 42.5 Å². The third-order valence-corrected chi connectivity index (χ3v) is 3.54. The second-order valence-electron chi connectivity index (χ2n) is 5.12. The molecule has 0 aromatic heterocycles. The lowest BCUT2D eigenvalue weighted by atomic mass is 10.2. The zero-order valence-electron chi connectivity index (χ0n) is 14.3. The fraction of sp³-hybridized carbons (Fsp3) is 0.278. The van der Waals surface area contributed by atoms with E-state index in [9.17, 15) is 4.79 Å². The zero-order chi connectivity index (χ0) is 17.5. The summed E-state index contributed by atoms with van der Waals surface area (Å²) in [4.78, 5) is 12.4. The van der Waals surface area contributed by atoms with Crippen molar-refractivity contribution in [2.75, 3.05) is 32.0 Å². The summed E-state index contributed by atoms with van der Waals surface area (Å²) in [5, 5.41) is 5.99. The Morgan fingerprint density at radius 2 is 1.62 bits per heavy atom. The Kier molecular flexibility index (Phi) is 5.89. The highest BCUT2D eigenvalue weighted by Crippen LogP contribution is 2.30. The zero-order valence-corrected chi connectivity index (χ0v) is 14.3. The number of hydrogen-bond acceptors (Lipinski definition) is 5. The lowest BCUT2D eigenvalue weighted by molar-refractivity contribution is -0.116. The van der Waals surface area contributed by atoms with E-state index in [1.807, 2.05) is 18.2 Å². The first-order valence-electron chi connectivity index (χ1n) is 7.51. The fourth-order valence-electron chi connectivity index (χ4n) is 2.21. The maximum atomic E-state index is 12.4. The molecule has 0 saturated heterocycles. The summed E-state index contributed by atoms with van der Waals surface area (Å²) in [6.07, 6.45) is 0. The Labute approximate surface area is 141 Å². The van der Waals surface area contributed by atoms with Crippen LogP contribution in [0.5, 0.6) is 17.2 Å². The van der Waals surface area contributed by atoms with Crippen LogP contribution in [-0.2, 0) is 4.79 Å². The van der Waals surface area contributed by atoms with Gasteiger partial charge >= 0.3 is 0 Å². The number of benzene rings is 2. The molecule has 2 rings (SSSR count). The maximum Gasteiger partial charge on any atom is 0.246 e. The molecule has 0 radical (unpaired) electrons. The molecule has 0 bridgehead atoms. The molecule has 0 saturated carbocycles. The number of para-hydroxylation sites is 2.